The third-order valence-corrected chi connectivity index (χ3v) is 3.47. The van der Waals surface area contributed by atoms with Gasteiger partial charge >= 0.3 is 6.09 Å². The SMILES string of the molecule is CC(C)(C)OC(=O)NCCn1ccc2c(Br)cccc21. The Kier molecular flexibility index (Phi) is 4.38. The highest BCUT2D eigenvalue weighted by Crippen LogP contribution is 2.24. The normalized spacial score (nSPS) is 11.6. The van der Waals surface area contributed by atoms with Crippen LogP contribution in [0.3, 0.4) is 0 Å². The summed E-state index contributed by atoms with van der Waals surface area (Å²) in [6, 6.07) is 8.15. The lowest BCUT2D eigenvalue weighted by molar-refractivity contribution is 0.0526. The number of rotatable bonds is 3. The number of ether oxygens (including phenoxy) is 1. The van der Waals surface area contributed by atoms with E-state index in [0.717, 1.165) is 9.99 Å². The van der Waals surface area contributed by atoms with Gasteiger partial charge in [0.15, 0.2) is 0 Å². The molecule has 0 saturated heterocycles. The number of hydrogen-bond acceptors (Lipinski definition) is 2. The molecule has 0 spiro atoms. The molecule has 108 valence electrons. The molecule has 2 aromatic rings. The molecule has 1 heterocycles. The van der Waals surface area contributed by atoms with Crippen LogP contribution in [0.1, 0.15) is 20.8 Å². The summed E-state index contributed by atoms with van der Waals surface area (Å²) in [5.74, 6) is 0. The Hall–Kier alpha value is -1.49. The highest BCUT2D eigenvalue weighted by atomic mass is 79.9. The van der Waals surface area contributed by atoms with Crippen LogP contribution in [-0.4, -0.2) is 22.8 Å². The fourth-order valence-electron chi connectivity index (χ4n) is 1.97. The minimum atomic E-state index is -0.463. The van der Waals surface area contributed by atoms with Crippen LogP contribution >= 0.6 is 15.9 Å². The van der Waals surface area contributed by atoms with Gasteiger partial charge in [-0.15, -0.1) is 0 Å². The predicted octanol–water partition coefficient (Wildman–Crippen LogP) is 3.93. The second-order valence-corrected chi connectivity index (χ2v) is 6.46. The van der Waals surface area contributed by atoms with Crippen molar-refractivity contribution in [3.8, 4) is 0 Å². The summed E-state index contributed by atoms with van der Waals surface area (Å²) in [6.07, 6.45) is 1.64. The molecule has 1 N–H and O–H groups in total. The zero-order valence-corrected chi connectivity index (χ0v) is 13.5. The van der Waals surface area contributed by atoms with E-state index in [9.17, 15) is 4.79 Å². The van der Waals surface area contributed by atoms with Gasteiger partial charge in [0.1, 0.15) is 5.60 Å². The summed E-state index contributed by atoms with van der Waals surface area (Å²) in [5.41, 5.74) is 0.681. The molecule has 2 rings (SSSR count). The zero-order chi connectivity index (χ0) is 14.8. The van der Waals surface area contributed by atoms with Gasteiger partial charge in [0, 0.05) is 34.7 Å². The number of nitrogens with zero attached hydrogens (tertiary/aromatic N) is 1. The second-order valence-electron chi connectivity index (χ2n) is 5.61. The predicted molar refractivity (Wildman–Crippen MR) is 83.9 cm³/mol. The maximum atomic E-state index is 11.6. The van der Waals surface area contributed by atoms with Gasteiger partial charge in [-0.25, -0.2) is 4.79 Å². The van der Waals surface area contributed by atoms with Crippen LogP contribution in [-0.2, 0) is 11.3 Å². The van der Waals surface area contributed by atoms with Crippen molar-refractivity contribution >= 4 is 32.9 Å². The molecule has 1 aromatic carbocycles. The van der Waals surface area contributed by atoms with Crippen LogP contribution in [0.25, 0.3) is 10.9 Å². The van der Waals surface area contributed by atoms with Crippen LogP contribution in [0.5, 0.6) is 0 Å². The number of alkyl carbamates (subject to hydrolysis) is 1. The molecule has 0 aliphatic heterocycles. The number of carbonyl (C=O) groups excluding carboxylic acids is 1. The number of halogens is 1. The van der Waals surface area contributed by atoms with Crippen LogP contribution < -0.4 is 5.32 Å². The molecule has 0 atom stereocenters. The van der Waals surface area contributed by atoms with Gasteiger partial charge in [-0.1, -0.05) is 22.0 Å². The first-order valence-electron chi connectivity index (χ1n) is 6.57. The van der Waals surface area contributed by atoms with Gasteiger partial charge in [0.05, 0.1) is 0 Å². The smallest absolute Gasteiger partial charge is 0.407 e. The van der Waals surface area contributed by atoms with Gasteiger partial charge in [-0.3, -0.25) is 0 Å². The molecule has 0 fully saturated rings. The minimum Gasteiger partial charge on any atom is -0.444 e. The zero-order valence-electron chi connectivity index (χ0n) is 11.9. The first kappa shape index (κ1) is 14.9. The lowest BCUT2D eigenvalue weighted by Gasteiger charge is -2.19. The van der Waals surface area contributed by atoms with Crippen molar-refractivity contribution in [1.29, 1.82) is 0 Å². The van der Waals surface area contributed by atoms with E-state index in [1.165, 1.54) is 5.39 Å². The molecule has 0 aliphatic carbocycles. The number of amides is 1. The lowest BCUT2D eigenvalue weighted by atomic mass is 10.2. The van der Waals surface area contributed by atoms with Crippen molar-refractivity contribution in [3.05, 3.63) is 34.9 Å². The quantitative estimate of drug-likeness (QED) is 0.921. The molecule has 0 saturated carbocycles. The summed E-state index contributed by atoms with van der Waals surface area (Å²) < 4.78 is 8.38. The molecule has 5 heteroatoms. The van der Waals surface area contributed by atoms with Gasteiger partial charge in [-0.2, -0.15) is 0 Å². The fourth-order valence-corrected chi connectivity index (χ4v) is 2.46. The largest absolute Gasteiger partial charge is 0.444 e. The van der Waals surface area contributed by atoms with E-state index < -0.39 is 5.60 Å². The topological polar surface area (TPSA) is 43.3 Å². The Morgan fingerprint density at radius 3 is 2.80 bits per heavy atom. The van der Waals surface area contributed by atoms with Crippen LogP contribution in [0.15, 0.2) is 34.9 Å². The van der Waals surface area contributed by atoms with Crippen molar-refractivity contribution in [2.45, 2.75) is 32.9 Å². The molecule has 0 aliphatic rings. The monoisotopic (exact) mass is 338 g/mol. The van der Waals surface area contributed by atoms with E-state index >= 15 is 0 Å². The number of fused-ring (bicyclic) bond motifs is 1. The molecule has 1 aromatic heterocycles. The summed E-state index contributed by atoms with van der Waals surface area (Å²) >= 11 is 3.53. The van der Waals surface area contributed by atoms with Crippen molar-refractivity contribution in [3.63, 3.8) is 0 Å². The highest BCUT2D eigenvalue weighted by Gasteiger charge is 2.15. The standard InChI is InChI=1S/C15H19BrN2O2/c1-15(2,3)20-14(19)17-8-10-18-9-7-11-12(16)5-4-6-13(11)18/h4-7,9H,8,10H2,1-3H3,(H,17,19). The van der Waals surface area contributed by atoms with Crippen molar-refractivity contribution in [2.75, 3.05) is 6.54 Å². The number of nitrogens with one attached hydrogen (secondary N) is 1. The van der Waals surface area contributed by atoms with Crippen molar-refractivity contribution in [2.24, 2.45) is 0 Å². The molecular formula is C15H19BrN2O2. The first-order valence-corrected chi connectivity index (χ1v) is 7.36. The third-order valence-electron chi connectivity index (χ3n) is 2.78. The first-order chi connectivity index (χ1) is 9.37. The summed E-state index contributed by atoms with van der Waals surface area (Å²) in [6.45, 7) is 6.79. The Morgan fingerprint density at radius 1 is 1.35 bits per heavy atom. The number of carbonyl (C=O) groups is 1. The Morgan fingerprint density at radius 2 is 2.10 bits per heavy atom. The van der Waals surface area contributed by atoms with Gasteiger partial charge < -0.3 is 14.6 Å². The third kappa shape index (κ3) is 3.76. The maximum absolute atomic E-state index is 11.6. The maximum Gasteiger partial charge on any atom is 0.407 e. The van der Waals surface area contributed by atoms with Crippen molar-refractivity contribution < 1.29 is 9.53 Å². The summed E-state index contributed by atoms with van der Waals surface area (Å²) in [4.78, 5) is 11.6. The van der Waals surface area contributed by atoms with E-state index in [2.05, 4.69) is 37.9 Å². The molecule has 4 nitrogen and oxygen atoms in total. The number of benzene rings is 1. The Labute approximate surface area is 127 Å². The molecule has 0 bridgehead atoms. The van der Waals surface area contributed by atoms with E-state index in [0.29, 0.717) is 13.1 Å². The lowest BCUT2D eigenvalue weighted by Crippen LogP contribution is -2.34. The minimum absolute atomic E-state index is 0.379. The summed E-state index contributed by atoms with van der Waals surface area (Å²) in [5, 5.41) is 3.93. The van der Waals surface area contributed by atoms with E-state index in [-0.39, 0.29) is 6.09 Å². The molecule has 1 amide bonds. The average molecular weight is 339 g/mol. The van der Waals surface area contributed by atoms with E-state index in [4.69, 9.17) is 4.74 Å². The average Bonchev–Trinajstić information content (AvgIpc) is 2.72. The second kappa shape index (κ2) is 5.87. The molecule has 0 unspecified atom stereocenters. The van der Waals surface area contributed by atoms with Gasteiger partial charge in [0.2, 0.25) is 0 Å². The van der Waals surface area contributed by atoms with Crippen LogP contribution in [0.4, 0.5) is 4.79 Å². The summed E-state index contributed by atoms with van der Waals surface area (Å²) in [7, 11) is 0. The van der Waals surface area contributed by atoms with Crippen LogP contribution in [0, 0.1) is 0 Å². The molecule has 20 heavy (non-hydrogen) atoms. The van der Waals surface area contributed by atoms with Crippen LogP contribution in [0.2, 0.25) is 0 Å². The van der Waals surface area contributed by atoms with E-state index in [1.54, 1.807) is 0 Å². The molecule has 0 radical (unpaired) electrons. The molecular weight excluding hydrogens is 320 g/mol. The number of hydrogen-bond donors (Lipinski definition) is 1. The van der Waals surface area contributed by atoms with Gasteiger partial charge in [0.25, 0.3) is 0 Å². The van der Waals surface area contributed by atoms with E-state index in [1.807, 2.05) is 39.1 Å². The van der Waals surface area contributed by atoms with Gasteiger partial charge in [-0.05, 0) is 39.0 Å². The Bertz CT molecular complexity index is 614. The number of aromatic nitrogens is 1. The Balaban J connectivity index is 1.94. The van der Waals surface area contributed by atoms with Crippen molar-refractivity contribution in [1.82, 2.24) is 9.88 Å². The fraction of sp³-hybridized carbons (Fsp3) is 0.400. The highest BCUT2D eigenvalue weighted by molar-refractivity contribution is 9.10.